The Morgan fingerprint density at radius 2 is 1.93 bits per heavy atom. The molecule has 146 valence electrons. The Kier molecular flexibility index (Phi) is 5.75. The highest BCUT2D eigenvalue weighted by atomic mass is 35.5. The quantitative estimate of drug-likeness (QED) is 0.713. The van der Waals surface area contributed by atoms with E-state index in [-0.39, 0.29) is 5.91 Å². The molecule has 2 aromatic rings. The van der Waals surface area contributed by atoms with Gasteiger partial charge in [-0.2, -0.15) is 0 Å². The predicted molar refractivity (Wildman–Crippen MR) is 107 cm³/mol. The van der Waals surface area contributed by atoms with Crippen LogP contribution < -0.4 is 25.4 Å². The Balaban J connectivity index is 2.00. The number of anilines is 1. The zero-order valence-electron chi connectivity index (χ0n) is 15.6. The first-order valence-corrected chi connectivity index (χ1v) is 8.88. The van der Waals surface area contributed by atoms with E-state index in [4.69, 9.17) is 21.1 Å². The van der Waals surface area contributed by atoms with Gasteiger partial charge in [0, 0.05) is 28.0 Å². The number of carbonyl (C=O) groups excluding carboxylic acids is 2. The minimum absolute atomic E-state index is 0.364. The third-order valence-corrected chi connectivity index (χ3v) is 4.58. The smallest absolute Gasteiger partial charge is 0.319 e. The second-order valence-corrected chi connectivity index (χ2v) is 6.58. The number of urea groups is 1. The maximum atomic E-state index is 13.0. The summed E-state index contributed by atoms with van der Waals surface area (Å²) in [5.41, 5.74) is 2.00. The van der Waals surface area contributed by atoms with Crippen LogP contribution in [0, 0.1) is 0 Å². The van der Waals surface area contributed by atoms with Crippen LogP contribution in [0.3, 0.4) is 0 Å². The molecular weight excluding hydrogens is 382 g/mol. The van der Waals surface area contributed by atoms with E-state index >= 15 is 0 Å². The molecule has 0 bridgehead atoms. The van der Waals surface area contributed by atoms with Crippen LogP contribution in [0.1, 0.15) is 18.5 Å². The summed E-state index contributed by atoms with van der Waals surface area (Å²) in [6.07, 6.45) is 0. The molecule has 0 aliphatic carbocycles. The number of hydrogen-bond donors (Lipinski definition) is 3. The van der Waals surface area contributed by atoms with Gasteiger partial charge in [-0.1, -0.05) is 17.7 Å². The van der Waals surface area contributed by atoms with Crippen molar-refractivity contribution in [3.63, 3.8) is 0 Å². The summed E-state index contributed by atoms with van der Waals surface area (Å²) in [6, 6.07) is 10.9. The molecule has 1 heterocycles. The minimum Gasteiger partial charge on any atom is -0.497 e. The molecule has 0 fully saturated rings. The van der Waals surface area contributed by atoms with Crippen molar-refractivity contribution >= 4 is 29.2 Å². The maximum Gasteiger partial charge on any atom is 0.319 e. The van der Waals surface area contributed by atoms with Gasteiger partial charge in [0.15, 0.2) is 0 Å². The van der Waals surface area contributed by atoms with E-state index in [1.165, 1.54) is 7.11 Å². The first-order valence-electron chi connectivity index (χ1n) is 8.50. The Bertz CT molecular complexity index is 958. The van der Waals surface area contributed by atoms with E-state index in [2.05, 4.69) is 16.0 Å². The van der Waals surface area contributed by atoms with Crippen LogP contribution in [-0.4, -0.2) is 26.2 Å². The summed E-state index contributed by atoms with van der Waals surface area (Å²) in [4.78, 5) is 25.1. The van der Waals surface area contributed by atoms with E-state index in [9.17, 15) is 9.59 Å². The number of amides is 3. The van der Waals surface area contributed by atoms with E-state index in [1.54, 1.807) is 56.5 Å². The molecule has 3 amide bonds. The van der Waals surface area contributed by atoms with Gasteiger partial charge in [0.2, 0.25) is 0 Å². The van der Waals surface area contributed by atoms with Gasteiger partial charge >= 0.3 is 6.03 Å². The van der Waals surface area contributed by atoms with Gasteiger partial charge in [-0.3, -0.25) is 4.79 Å². The molecule has 1 atom stereocenters. The molecule has 1 aliphatic heterocycles. The SMILES string of the molecule is COc1ccc(C2NC(=O)NC(C)=C2C(=O)Nc2cccc(Cl)c2)c(OC)c1. The van der Waals surface area contributed by atoms with Gasteiger partial charge in [0.05, 0.1) is 25.8 Å². The fraction of sp³-hybridized carbons (Fsp3) is 0.200. The summed E-state index contributed by atoms with van der Waals surface area (Å²) in [6.45, 7) is 1.68. The van der Waals surface area contributed by atoms with Crippen molar-refractivity contribution in [2.45, 2.75) is 13.0 Å². The number of ether oxygens (including phenoxy) is 2. The van der Waals surface area contributed by atoms with Crippen LogP contribution in [-0.2, 0) is 4.79 Å². The zero-order valence-corrected chi connectivity index (χ0v) is 16.4. The lowest BCUT2D eigenvalue weighted by atomic mass is 9.94. The van der Waals surface area contributed by atoms with Crippen molar-refractivity contribution in [2.24, 2.45) is 0 Å². The van der Waals surface area contributed by atoms with Gasteiger partial charge in [0.25, 0.3) is 5.91 Å². The highest BCUT2D eigenvalue weighted by molar-refractivity contribution is 6.31. The standard InChI is InChI=1S/C20H20ClN3O4/c1-11-17(19(25)23-13-6-4-5-12(21)9-13)18(24-20(26)22-11)15-8-7-14(27-2)10-16(15)28-3/h4-10,18H,1-3H3,(H,23,25)(H2,22,24,26). The molecule has 7 nitrogen and oxygen atoms in total. The molecular formula is C20H20ClN3O4. The summed E-state index contributed by atoms with van der Waals surface area (Å²) < 4.78 is 10.7. The molecule has 8 heteroatoms. The fourth-order valence-electron chi connectivity index (χ4n) is 3.05. The number of methoxy groups -OCH3 is 2. The van der Waals surface area contributed by atoms with Crippen molar-refractivity contribution in [3.05, 3.63) is 64.3 Å². The third-order valence-electron chi connectivity index (χ3n) is 4.35. The number of benzene rings is 2. The molecule has 0 saturated heterocycles. The van der Waals surface area contributed by atoms with Crippen LogP contribution in [0.25, 0.3) is 0 Å². The van der Waals surface area contributed by atoms with Gasteiger partial charge in [0.1, 0.15) is 11.5 Å². The first-order chi connectivity index (χ1) is 13.4. The van der Waals surface area contributed by atoms with Crippen molar-refractivity contribution in [1.29, 1.82) is 0 Å². The van der Waals surface area contributed by atoms with E-state index < -0.39 is 12.1 Å². The lowest BCUT2D eigenvalue weighted by molar-refractivity contribution is -0.113. The van der Waals surface area contributed by atoms with Gasteiger partial charge in [-0.15, -0.1) is 0 Å². The molecule has 0 aromatic heterocycles. The Labute approximate surface area is 167 Å². The highest BCUT2D eigenvalue weighted by Crippen LogP contribution is 2.35. The van der Waals surface area contributed by atoms with Gasteiger partial charge in [-0.05, 0) is 37.3 Å². The van der Waals surface area contributed by atoms with Crippen molar-refractivity contribution in [3.8, 4) is 11.5 Å². The summed E-state index contributed by atoms with van der Waals surface area (Å²) >= 11 is 5.99. The van der Waals surface area contributed by atoms with Crippen LogP contribution in [0.4, 0.5) is 10.5 Å². The average Bonchev–Trinajstić information content (AvgIpc) is 2.66. The highest BCUT2D eigenvalue weighted by Gasteiger charge is 2.33. The van der Waals surface area contributed by atoms with Crippen LogP contribution in [0.15, 0.2) is 53.7 Å². The zero-order chi connectivity index (χ0) is 20.3. The predicted octanol–water partition coefficient (Wildman–Crippen LogP) is 3.62. The molecule has 0 spiro atoms. The topological polar surface area (TPSA) is 88.7 Å². The first kappa shape index (κ1) is 19.6. The number of nitrogens with one attached hydrogen (secondary N) is 3. The monoisotopic (exact) mass is 401 g/mol. The average molecular weight is 402 g/mol. The van der Waals surface area contributed by atoms with E-state index in [0.717, 1.165) is 0 Å². The summed E-state index contributed by atoms with van der Waals surface area (Å²) in [5, 5.41) is 8.76. The minimum atomic E-state index is -0.700. The maximum absolute atomic E-state index is 13.0. The fourth-order valence-corrected chi connectivity index (χ4v) is 3.24. The molecule has 1 unspecified atom stereocenters. The Hall–Kier alpha value is -3.19. The molecule has 28 heavy (non-hydrogen) atoms. The van der Waals surface area contributed by atoms with Gasteiger partial charge in [-0.25, -0.2) is 4.79 Å². The molecule has 2 aromatic carbocycles. The third kappa shape index (κ3) is 4.04. The lowest BCUT2D eigenvalue weighted by Crippen LogP contribution is -2.46. The Morgan fingerprint density at radius 3 is 2.61 bits per heavy atom. The molecule has 3 N–H and O–H groups in total. The van der Waals surface area contributed by atoms with E-state index in [0.29, 0.717) is 39.0 Å². The molecule has 3 rings (SSSR count). The number of halogens is 1. The summed E-state index contributed by atoms with van der Waals surface area (Å²) in [7, 11) is 3.07. The molecule has 0 saturated carbocycles. The number of rotatable bonds is 5. The van der Waals surface area contributed by atoms with Crippen molar-refractivity contribution in [1.82, 2.24) is 10.6 Å². The number of allylic oxidation sites excluding steroid dienone is 1. The van der Waals surface area contributed by atoms with Gasteiger partial charge < -0.3 is 25.4 Å². The largest absolute Gasteiger partial charge is 0.497 e. The van der Waals surface area contributed by atoms with Crippen LogP contribution in [0.5, 0.6) is 11.5 Å². The van der Waals surface area contributed by atoms with Crippen LogP contribution >= 0.6 is 11.6 Å². The Morgan fingerprint density at radius 1 is 1.14 bits per heavy atom. The normalized spacial score (nSPS) is 16.1. The molecule has 0 radical (unpaired) electrons. The second kappa shape index (κ2) is 8.22. The van der Waals surface area contributed by atoms with Crippen molar-refractivity contribution in [2.75, 3.05) is 19.5 Å². The van der Waals surface area contributed by atoms with E-state index in [1.807, 2.05) is 0 Å². The second-order valence-electron chi connectivity index (χ2n) is 6.14. The number of carbonyl (C=O) groups is 2. The van der Waals surface area contributed by atoms with Crippen LogP contribution in [0.2, 0.25) is 5.02 Å². The lowest BCUT2D eigenvalue weighted by Gasteiger charge is -2.29. The number of hydrogen-bond acceptors (Lipinski definition) is 4. The molecule has 1 aliphatic rings. The summed E-state index contributed by atoms with van der Waals surface area (Å²) in [5.74, 6) is 0.731. The van der Waals surface area contributed by atoms with Crippen molar-refractivity contribution < 1.29 is 19.1 Å².